The van der Waals surface area contributed by atoms with E-state index >= 15 is 0 Å². The molecule has 0 aromatic heterocycles. The standard InChI is InChI=1S/C20H36O13/c1-6-7(2)29-10(5-22)18(33-20-16(28)14(26)12(24)9(4-21)31-20)17(6)32-19-15(27)13(25)11(23)8(3)30-19/h6-28H,4-5H2,1-3H3/t6?,7-,8?,9?,10?,11+,12-,13?,14-,15-,16?,17+,18+,19-,20-/m0/s1. The molecule has 0 spiro atoms. The summed E-state index contributed by atoms with van der Waals surface area (Å²) in [5.41, 5.74) is 0. The first-order valence-electron chi connectivity index (χ1n) is 11.1. The van der Waals surface area contributed by atoms with Crippen molar-refractivity contribution in [2.24, 2.45) is 5.92 Å². The van der Waals surface area contributed by atoms with Crippen LogP contribution in [0, 0.1) is 5.92 Å². The third kappa shape index (κ3) is 5.35. The van der Waals surface area contributed by atoms with Crippen LogP contribution in [-0.4, -0.2) is 140 Å². The summed E-state index contributed by atoms with van der Waals surface area (Å²) in [6, 6.07) is 0. The van der Waals surface area contributed by atoms with Crippen LogP contribution < -0.4 is 0 Å². The molecule has 0 aliphatic carbocycles. The van der Waals surface area contributed by atoms with Crippen LogP contribution in [0.25, 0.3) is 0 Å². The van der Waals surface area contributed by atoms with E-state index in [1.807, 2.05) is 0 Å². The van der Waals surface area contributed by atoms with Gasteiger partial charge in [0, 0.05) is 5.92 Å². The number of aliphatic hydroxyl groups excluding tert-OH is 8. The van der Waals surface area contributed by atoms with Crippen molar-refractivity contribution in [1.29, 1.82) is 0 Å². The average molecular weight is 484 g/mol. The second kappa shape index (κ2) is 11.0. The van der Waals surface area contributed by atoms with Crippen molar-refractivity contribution in [2.45, 2.75) is 107 Å². The Morgan fingerprint density at radius 2 is 1.06 bits per heavy atom. The molecule has 3 heterocycles. The molecule has 15 atom stereocenters. The van der Waals surface area contributed by atoms with Gasteiger partial charge in [0.2, 0.25) is 0 Å². The van der Waals surface area contributed by atoms with E-state index in [0.29, 0.717) is 0 Å². The lowest BCUT2D eigenvalue weighted by Crippen LogP contribution is -2.65. The average Bonchev–Trinajstić information content (AvgIpc) is 2.80. The van der Waals surface area contributed by atoms with Crippen molar-refractivity contribution in [3.63, 3.8) is 0 Å². The van der Waals surface area contributed by atoms with Crippen LogP contribution in [0.1, 0.15) is 20.8 Å². The van der Waals surface area contributed by atoms with E-state index in [9.17, 15) is 40.9 Å². The van der Waals surface area contributed by atoms with Gasteiger partial charge in [-0.15, -0.1) is 0 Å². The maximum atomic E-state index is 10.4. The van der Waals surface area contributed by atoms with Crippen LogP contribution in [0.2, 0.25) is 0 Å². The molecule has 3 saturated heterocycles. The van der Waals surface area contributed by atoms with Gasteiger partial charge in [0.15, 0.2) is 12.6 Å². The molecule has 3 rings (SSSR count). The van der Waals surface area contributed by atoms with E-state index < -0.39 is 105 Å². The van der Waals surface area contributed by atoms with Crippen LogP contribution in [0.15, 0.2) is 0 Å². The molecule has 0 saturated carbocycles. The molecule has 13 nitrogen and oxygen atoms in total. The summed E-state index contributed by atoms with van der Waals surface area (Å²) >= 11 is 0. The lowest BCUT2D eigenvalue weighted by atomic mass is 9.88. The van der Waals surface area contributed by atoms with Crippen LogP contribution in [0.4, 0.5) is 0 Å². The molecular formula is C20H36O13. The molecule has 0 aromatic rings. The number of hydrogen-bond acceptors (Lipinski definition) is 13. The van der Waals surface area contributed by atoms with Gasteiger partial charge in [0.05, 0.1) is 31.5 Å². The van der Waals surface area contributed by atoms with Crippen molar-refractivity contribution < 1.29 is 64.5 Å². The van der Waals surface area contributed by atoms with Gasteiger partial charge in [-0.3, -0.25) is 0 Å². The Labute approximate surface area is 191 Å². The fraction of sp³-hybridized carbons (Fsp3) is 1.00. The minimum absolute atomic E-state index is 0.405. The zero-order valence-corrected chi connectivity index (χ0v) is 18.7. The van der Waals surface area contributed by atoms with Crippen molar-refractivity contribution in [3.05, 3.63) is 0 Å². The molecule has 0 aromatic carbocycles. The fourth-order valence-corrected chi connectivity index (χ4v) is 4.38. The lowest BCUT2D eigenvalue weighted by Gasteiger charge is -2.49. The van der Waals surface area contributed by atoms with E-state index in [0.717, 1.165) is 0 Å². The molecule has 0 radical (unpaired) electrons. The van der Waals surface area contributed by atoms with Gasteiger partial charge in [-0.1, -0.05) is 6.92 Å². The first-order valence-corrected chi connectivity index (χ1v) is 11.1. The molecule has 6 unspecified atom stereocenters. The minimum atomic E-state index is -1.69. The Bertz CT molecular complexity index is 623. The normalized spacial score (nSPS) is 53.7. The van der Waals surface area contributed by atoms with Crippen LogP contribution in [0.3, 0.4) is 0 Å². The molecule has 33 heavy (non-hydrogen) atoms. The molecular weight excluding hydrogens is 448 g/mol. The summed E-state index contributed by atoms with van der Waals surface area (Å²) in [7, 11) is 0. The van der Waals surface area contributed by atoms with Gasteiger partial charge in [-0.2, -0.15) is 0 Å². The van der Waals surface area contributed by atoms with Gasteiger partial charge in [0.1, 0.15) is 54.9 Å². The first kappa shape index (κ1) is 27.1. The SMILES string of the molecule is CC1O[C@@H](O[C@@H]2C(C)[C@H](C)OC(CO)[C@H]2O[C@@H]2OC(CO)[C@H](O)[C@H](O)C2O)[C@@H](O)C(O)[C@@H]1O. The van der Waals surface area contributed by atoms with Crippen LogP contribution in [0.5, 0.6) is 0 Å². The van der Waals surface area contributed by atoms with Crippen LogP contribution >= 0.6 is 0 Å². The topological polar surface area (TPSA) is 208 Å². The highest BCUT2D eigenvalue weighted by molar-refractivity contribution is 4.96. The highest BCUT2D eigenvalue weighted by Crippen LogP contribution is 2.35. The summed E-state index contributed by atoms with van der Waals surface area (Å²) < 4.78 is 28.6. The third-order valence-electron chi connectivity index (χ3n) is 6.76. The number of aliphatic hydroxyl groups is 8. The largest absolute Gasteiger partial charge is 0.394 e. The van der Waals surface area contributed by atoms with Gasteiger partial charge >= 0.3 is 0 Å². The molecule has 8 N–H and O–H groups in total. The second-order valence-corrected chi connectivity index (χ2v) is 9.00. The molecule has 3 aliphatic rings. The van der Waals surface area contributed by atoms with Crippen LogP contribution in [-0.2, 0) is 23.7 Å². The van der Waals surface area contributed by atoms with Gasteiger partial charge in [-0.05, 0) is 13.8 Å². The van der Waals surface area contributed by atoms with Gasteiger partial charge in [-0.25, -0.2) is 0 Å². The molecule has 13 heteroatoms. The predicted octanol–water partition coefficient (Wildman–Crippen LogP) is -4.20. The van der Waals surface area contributed by atoms with E-state index in [1.54, 1.807) is 13.8 Å². The Kier molecular flexibility index (Phi) is 9.05. The van der Waals surface area contributed by atoms with Gasteiger partial charge < -0.3 is 64.5 Å². The quantitative estimate of drug-likeness (QED) is 0.180. The highest BCUT2D eigenvalue weighted by atomic mass is 16.7. The van der Waals surface area contributed by atoms with Crippen molar-refractivity contribution >= 4 is 0 Å². The molecule has 0 bridgehead atoms. The van der Waals surface area contributed by atoms with Gasteiger partial charge in [0.25, 0.3) is 0 Å². The second-order valence-electron chi connectivity index (χ2n) is 9.00. The maximum absolute atomic E-state index is 10.4. The smallest absolute Gasteiger partial charge is 0.187 e. The Balaban J connectivity index is 1.83. The van der Waals surface area contributed by atoms with E-state index in [1.165, 1.54) is 6.92 Å². The summed E-state index contributed by atoms with van der Waals surface area (Å²) in [6.45, 7) is 3.85. The first-order chi connectivity index (χ1) is 15.5. The zero-order valence-electron chi connectivity index (χ0n) is 18.7. The summed E-state index contributed by atoms with van der Waals surface area (Å²) in [6.07, 6.45) is -17.7. The van der Waals surface area contributed by atoms with E-state index in [2.05, 4.69) is 0 Å². The fourth-order valence-electron chi connectivity index (χ4n) is 4.38. The number of rotatable bonds is 6. The molecule has 3 aliphatic heterocycles. The minimum Gasteiger partial charge on any atom is -0.394 e. The summed E-state index contributed by atoms with van der Waals surface area (Å²) in [5, 5.41) is 80.2. The van der Waals surface area contributed by atoms with Crippen molar-refractivity contribution in [1.82, 2.24) is 0 Å². The third-order valence-corrected chi connectivity index (χ3v) is 6.76. The Morgan fingerprint density at radius 1 is 0.545 bits per heavy atom. The number of ether oxygens (including phenoxy) is 5. The monoisotopic (exact) mass is 484 g/mol. The van der Waals surface area contributed by atoms with Crippen molar-refractivity contribution in [2.75, 3.05) is 13.2 Å². The zero-order chi connectivity index (χ0) is 24.6. The Hall–Kier alpha value is -0.520. The summed E-state index contributed by atoms with van der Waals surface area (Å²) in [4.78, 5) is 0. The highest BCUT2D eigenvalue weighted by Gasteiger charge is 2.52. The molecule has 194 valence electrons. The van der Waals surface area contributed by atoms with Crippen molar-refractivity contribution in [3.8, 4) is 0 Å². The lowest BCUT2D eigenvalue weighted by molar-refractivity contribution is -0.364. The van der Waals surface area contributed by atoms with E-state index in [-0.39, 0.29) is 0 Å². The molecule has 3 fully saturated rings. The Morgan fingerprint density at radius 3 is 1.64 bits per heavy atom. The molecule has 0 amide bonds. The maximum Gasteiger partial charge on any atom is 0.187 e. The predicted molar refractivity (Wildman–Crippen MR) is 106 cm³/mol. The van der Waals surface area contributed by atoms with E-state index in [4.69, 9.17) is 23.7 Å². The summed E-state index contributed by atoms with van der Waals surface area (Å²) in [5.74, 6) is -0.405. The number of hydrogen-bond donors (Lipinski definition) is 8.